The standard InChI is InChI=1S/C14H27NS/c1-10-7-11(2)9-12(8-10)14(15-3)13-5-4-6-16-13/h10-15H,4-9H2,1-3H3. The Morgan fingerprint density at radius 3 is 2.31 bits per heavy atom. The van der Waals surface area contributed by atoms with Crippen molar-refractivity contribution >= 4 is 11.8 Å². The van der Waals surface area contributed by atoms with Crippen LogP contribution in [0.4, 0.5) is 0 Å². The molecule has 1 saturated heterocycles. The van der Waals surface area contributed by atoms with E-state index in [1.54, 1.807) is 0 Å². The van der Waals surface area contributed by atoms with Crippen molar-refractivity contribution in [3.63, 3.8) is 0 Å². The molecule has 0 spiro atoms. The highest BCUT2D eigenvalue weighted by atomic mass is 32.2. The lowest BCUT2D eigenvalue weighted by Crippen LogP contribution is -2.44. The van der Waals surface area contributed by atoms with Crippen molar-refractivity contribution < 1.29 is 0 Å². The Morgan fingerprint density at radius 1 is 1.12 bits per heavy atom. The van der Waals surface area contributed by atoms with E-state index in [1.807, 2.05) is 0 Å². The fourth-order valence-electron chi connectivity index (χ4n) is 3.91. The van der Waals surface area contributed by atoms with Crippen molar-refractivity contribution in [2.75, 3.05) is 12.8 Å². The molecule has 0 aromatic heterocycles. The van der Waals surface area contributed by atoms with Crippen molar-refractivity contribution in [3.05, 3.63) is 0 Å². The molecule has 1 nitrogen and oxygen atoms in total. The van der Waals surface area contributed by atoms with Gasteiger partial charge in [-0.05, 0) is 62.7 Å². The van der Waals surface area contributed by atoms with Crippen molar-refractivity contribution in [3.8, 4) is 0 Å². The lowest BCUT2D eigenvalue weighted by molar-refractivity contribution is 0.177. The average molecular weight is 241 g/mol. The van der Waals surface area contributed by atoms with Crippen LogP contribution < -0.4 is 5.32 Å². The number of hydrogen-bond donors (Lipinski definition) is 1. The van der Waals surface area contributed by atoms with Crippen molar-refractivity contribution in [2.24, 2.45) is 17.8 Å². The molecule has 0 amide bonds. The predicted octanol–water partition coefficient (Wildman–Crippen LogP) is 3.54. The molecule has 1 aliphatic heterocycles. The molecule has 4 atom stereocenters. The number of thioether (sulfide) groups is 1. The van der Waals surface area contributed by atoms with Gasteiger partial charge >= 0.3 is 0 Å². The topological polar surface area (TPSA) is 12.0 Å². The zero-order valence-corrected chi connectivity index (χ0v) is 11.9. The summed E-state index contributed by atoms with van der Waals surface area (Å²) < 4.78 is 0. The fraction of sp³-hybridized carbons (Fsp3) is 1.00. The van der Waals surface area contributed by atoms with E-state index in [2.05, 4.69) is 38.0 Å². The molecule has 2 aliphatic rings. The average Bonchev–Trinajstić information content (AvgIpc) is 2.70. The van der Waals surface area contributed by atoms with Crippen LogP contribution in [0.1, 0.15) is 46.0 Å². The Labute approximate surface area is 105 Å². The van der Waals surface area contributed by atoms with Gasteiger partial charge in [-0.25, -0.2) is 0 Å². The van der Waals surface area contributed by atoms with Crippen LogP contribution in [0.2, 0.25) is 0 Å². The van der Waals surface area contributed by atoms with Crippen molar-refractivity contribution in [1.82, 2.24) is 5.32 Å². The minimum absolute atomic E-state index is 0.776. The van der Waals surface area contributed by atoms with Crippen LogP contribution in [0, 0.1) is 17.8 Å². The van der Waals surface area contributed by atoms with Crippen LogP contribution in [0.15, 0.2) is 0 Å². The van der Waals surface area contributed by atoms with Crippen molar-refractivity contribution in [2.45, 2.75) is 57.2 Å². The highest BCUT2D eigenvalue weighted by Crippen LogP contribution is 2.40. The molecule has 2 fully saturated rings. The van der Waals surface area contributed by atoms with E-state index in [0.717, 1.165) is 29.0 Å². The SMILES string of the molecule is CNC(C1CC(C)CC(C)C1)C1CCCS1. The predicted molar refractivity (Wildman–Crippen MR) is 74.0 cm³/mol. The maximum Gasteiger partial charge on any atom is 0.0211 e. The molecular weight excluding hydrogens is 214 g/mol. The van der Waals surface area contributed by atoms with Gasteiger partial charge in [0.15, 0.2) is 0 Å². The van der Waals surface area contributed by atoms with Gasteiger partial charge in [0.2, 0.25) is 0 Å². The van der Waals surface area contributed by atoms with Gasteiger partial charge in [-0.1, -0.05) is 13.8 Å². The molecule has 16 heavy (non-hydrogen) atoms. The summed E-state index contributed by atoms with van der Waals surface area (Å²) in [5.41, 5.74) is 0. The molecule has 1 N–H and O–H groups in total. The highest BCUT2D eigenvalue weighted by Gasteiger charge is 2.34. The Morgan fingerprint density at radius 2 is 1.81 bits per heavy atom. The van der Waals surface area contributed by atoms with E-state index in [1.165, 1.54) is 37.9 Å². The monoisotopic (exact) mass is 241 g/mol. The Balaban J connectivity index is 1.96. The second-order valence-electron chi connectivity index (χ2n) is 6.04. The summed E-state index contributed by atoms with van der Waals surface area (Å²) in [6.45, 7) is 4.88. The first-order chi connectivity index (χ1) is 7.70. The minimum atomic E-state index is 0.776. The lowest BCUT2D eigenvalue weighted by atomic mass is 9.73. The van der Waals surface area contributed by atoms with E-state index in [0.29, 0.717) is 0 Å². The molecule has 0 bridgehead atoms. The molecule has 94 valence electrons. The molecule has 1 heterocycles. The second-order valence-corrected chi connectivity index (χ2v) is 7.39. The number of rotatable bonds is 3. The largest absolute Gasteiger partial charge is 0.316 e. The van der Waals surface area contributed by atoms with Crippen LogP contribution in [0.25, 0.3) is 0 Å². The summed E-state index contributed by atoms with van der Waals surface area (Å²) >= 11 is 2.21. The summed E-state index contributed by atoms with van der Waals surface area (Å²) in [4.78, 5) is 0. The van der Waals surface area contributed by atoms with Gasteiger partial charge in [0.05, 0.1) is 0 Å². The van der Waals surface area contributed by atoms with Crippen molar-refractivity contribution in [1.29, 1.82) is 0 Å². The quantitative estimate of drug-likeness (QED) is 0.811. The first kappa shape index (κ1) is 12.8. The third kappa shape index (κ3) is 2.95. The van der Waals surface area contributed by atoms with Gasteiger partial charge in [-0.15, -0.1) is 0 Å². The van der Waals surface area contributed by atoms with Crippen LogP contribution in [0.5, 0.6) is 0 Å². The third-order valence-electron chi connectivity index (χ3n) is 4.42. The van der Waals surface area contributed by atoms with Gasteiger partial charge in [-0.3, -0.25) is 0 Å². The van der Waals surface area contributed by atoms with Gasteiger partial charge < -0.3 is 5.32 Å². The Hall–Kier alpha value is 0.310. The van der Waals surface area contributed by atoms with Gasteiger partial charge in [0.1, 0.15) is 0 Å². The summed E-state index contributed by atoms with van der Waals surface area (Å²) in [7, 11) is 2.17. The first-order valence-corrected chi connectivity index (χ1v) is 8.04. The summed E-state index contributed by atoms with van der Waals surface area (Å²) in [6, 6.07) is 0.776. The zero-order chi connectivity index (χ0) is 11.5. The van der Waals surface area contributed by atoms with Crippen LogP contribution in [-0.4, -0.2) is 24.1 Å². The normalized spacial score (nSPS) is 42.2. The number of nitrogens with one attached hydrogen (secondary N) is 1. The Kier molecular flexibility index (Phi) is 4.60. The first-order valence-electron chi connectivity index (χ1n) is 6.99. The zero-order valence-electron chi connectivity index (χ0n) is 11.0. The second kappa shape index (κ2) is 5.77. The van der Waals surface area contributed by atoms with Gasteiger partial charge in [0.25, 0.3) is 0 Å². The van der Waals surface area contributed by atoms with E-state index < -0.39 is 0 Å². The van der Waals surface area contributed by atoms with E-state index in [-0.39, 0.29) is 0 Å². The van der Waals surface area contributed by atoms with Crippen LogP contribution in [0.3, 0.4) is 0 Å². The van der Waals surface area contributed by atoms with Gasteiger partial charge in [0, 0.05) is 11.3 Å². The van der Waals surface area contributed by atoms with E-state index in [4.69, 9.17) is 0 Å². The molecule has 1 saturated carbocycles. The fourth-order valence-corrected chi connectivity index (χ4v) is 5.45. The van der Waals surface area contributed by atoms with Crippen LogP contribution in [-0.2, 0) is 0 Å². The Bertz CT molecular complexity index is 203. The summed E-state index contributed by atoms with van der Waals surface area (Å²) in [5.74, 6) is 4.20. The third-order valence-corrected chi connectivity index (χ3v) is 5.90. The summed E-state index contributed by atoms with van der Waals surface area (Å²) in [5, 5.41) is 4.53. The number of hydrogen-bond acceptors (Lipinski definition) is 2. The molecule has 2 rings (SSSR count). The lowest BCUT2D eigenvalue weighted by Gasteiger charge is -2.38. The maximum absolute atomic E-state index is 3.63. The minimum Gasteiger partial charge on any atom is -0.316 e. The van der Waals surface area contributed by atoms with Crippen LogP contribution >= 0.6 is 11.8 Å². The highest BCUT2D eigenvalue weighted by molar-refractivity contribution is 8.00. The van der Waals surface area contributed by atoms with E-state index in [9.17, 15) is 0 Å². The molecule has 0 aromatic rings. The van der Waals surface area contributed by atoms with E-state index >= 15 is 0 Å². The smallest absolute Gasteiger partial charge is 0.0211 e. The molecule has 2 heteroatoms. The molecule has 1 aliphatic carbocycles. The van der Waals surface area contributed by atoms with Gasteiger partial charge in [-0.2, -0.15) is 11.8 Å². The molecule has 4 unspecified atom stereocenters. The molecule has 0 aromatic carbocycles. The summed E-state index contributed by atoms with van der Waals surface area (Å²) in [6.07, 6.45) is 7.23. The molecular formula is C14H27NS. The molecule has 0 radical (unpaired) electrons. The maximum atomic E-state index is 3.63.